The van der Waals surface area contributed by atoms with E-state index in [9.17, 15) is 0 Å². The van der Waals surface area contributed by atoms with Gasteiger partial charge in [0.15, 0.2) is 19.2 Å². The van der Waals surface area contributed by atoms with Gasteiger partial charge >= 0.3 is 0 Å². The Morgan fingerprint density at radius 3 is 2.62 bits per heavy atom. The van der Waals surface area contributed by atoms with Crippen molar-refractivity contribution in [3.63, 3.8) is 0 Å². The van der Waals surface area contributed by atoms with Crippen LogP contribution in [0.5, 0.6) is 5.75 Å². The van der Waals surface area contributed by atoms with Gasteiger partial charge in [0.1, 0.15) is 5.75 Å². The Kier molecular flexibility index (Phi) is 4.21. The molecule has 0 saturated carbocycles. The fourth-order valence-corrected chi connectivity index (χ4v) is 4.50. The minimum Gasteiger partial charge on any atom is -0.468 e. The van der Waals surface area contributed by atoms with Crippen LogP contribution in [0, 0.1) is 5.92 Å². The number of ether oxygens (including phenoxy) is 1. The lowest BCUT2D eigenvalue weighted by atomic mass is 9.81. The summed E-state index contributed by atoms with van der Waals surface area (Å²) in [4.78, 5) is 0. The fraction of sp³-hybridized carbons (Fsp3) is 0.611. The van der Waals surface area contributed by atoms with Crippen LogP contribution < -0.4 is 15.4 Å². The molecule has 3 atom stereocenters. The lowest BCUT2D eigenvalue weighted by Gasteiger charge is -2.52. The Hall–Kier alpha value is -1.11. The summed E-state index contributed by atoms with van der Waals surface area (Å²) in [5, 5.41) is 7.58. The molecule has 1 saturated heterocycles. The highest BCUT2D eigenvalue weighted by Crippen LogP contribution is 2.46. The third kappa shape index (κ3) is 2.95. The van der Waals surface area contributed by atoms with Crippen molar-refractivity contribution >= 4 is 25.6 Å². The summed E-state index contributed by atoms with van der Waals surface area (Å²) in [7, 11) is -1.82. The molecule has 6 heteroatoms. The van der Waals surface area contributed by atoms with Gasteiger partial charge in [0.25, 0.3) is 0 Å². The van der Waals surface area contributed by atoms with Crippen LogP contribution in [0.2, 0.25) is 18.1 Å². The van der Waals surface area contributed by atoms with E-state index in [0.717, 1.165) is 11.3 Å². The van der Waals surface area contributed by atoms with E-state index in [4.69, 9.17) is 21.4 Å². The first-order chi connectivity index (χ1) is 11.0. The largest absolute Gasteiger partial charge is 0.468 e. The van der Waals surface area contributed by atoms with E-state index in [0.29, 0.717) is 11.7 Å². The highest BCUT2D eigenvalue weighted by Gasteiger charge is 2.52. The zero-order chi connectivity index (χ0) is 17.8. The number of hydrogen-bond donors (Lipinski definition) is 2. The van der Waals surface area contributed by atoms with E-state index in [1.165, 1.54) is 0 Å². The molecule has 1 aromatic carbocycles. The highest BCUT2D eigenvalue weighted by molar-refractivity contribution is 7.80. The molecular weight excluding hydrogens is 336 g/mol. The third-order valence-corrected chi connectivity index (χ3v) is 10.5. The Balaban J connectivity index is 1.90. The van der Waals surface area contributed by atoms with Crippen molar-refractivity contribution in [1.29, 1.82) is 0 Å². The SMILES string of the molecule is CC(C)(C)[Si](C)(C)OC[C@@H]1[C@@H]2NC(=S)N[C@@]1(C)Oc1ccccc12. The van der Waals surface area contributed by atoms with Crippen molar-refractivity contribution in [2.24, 2.45) is 5.92 Å². The third-order valence-electron chi connectivity index (χ3n) is 5.76. The molecule has 2 N–H and O–H groups in total. The summed E-state index contributed by atoms with van der Waals surface area (Å²) in [5.74, 6) is 1.06. The van der Waals surface area contributed by atoms with E-state index >= 15 is 0 Å². The maximum Gasteiger partial charge on any atom is 0.191 e. The van der Waals surface area contributed by atoms with E-state index in [-0.39, 0.29) is 17.0 Å². The van der Waals surface area contributed by atoms with Gasteiger partial charge in [0.2, 0.25) is 0 Å². The zero-order valence-electron chi connectivity index (χ0n) is 15.4. The summed E-state index contributed by atoms with van der Waals surface area (Å²) in [6, 6.07) is 8.29. The second kappa shape index (κ2) is 5.71. The lowest BCUT2D eigenvalue weighted by Crippen LogP contribution is -2.69. The molecule has 2 aliphatic rings. The normalized spacial score (nSPS) is 29.2. The van der Waals surface area contributed by atoms with E-state index in [2.05, 4.69) is 57.5 Å². The van der Waals surface area contributed by atoms with Gasteiger partial charge in [-0.2, -0.15) is 0 Å². The molecule has 1 aromatic rings. The number of para-hydroxylation sites is 1. The van der Waals surface area contributed by atoms with E-state index in [1.807, 2.05) is 18.2 Å². The van der Waals surface area contributed by atoms with Crippen LogP contribution >= 0.6 is 12.2 Å². The maximum absolute atomic E-state index is 6.52. The molecule has 0 amide bonds. The van der Waals surface area contributed by atoms with Crippen LogP contribution in [-0.2, 0) is 4.43 Å². The molecule has 0 spiro atoms. The summed E-state index contributed by atoms with van der Waals surface area (Å²) >= 11 is 5.40. The number of rotatable bonds is 3. The molecule has 0 radical (unpaired) electrons. The van der Waals surface area contributed by atoms with Gasteiger partial charge in [-0.1, -0.05) is 39.0 Å². The number of nitrogens with one attached hydrogen (secondary N) is 2. The van der Waals surface area contributed by atoms with Crippen LogP contribution in [0.15, 0.2) is 24.3 Å². The minimum absolute atomic E-state index is 0.110. The van der Waals surface area contributed by atoms with Crippen molar-refractivity contribution in [2.45, 2.75) is 57.6 Å². The predicted molar refractivity (Wildman–Crippen MR) is 104 cm³/mol. The van der Waals surface area contributed by atoms with Crippen molar-refractivity contribution in [1.82, 2.24) is 10.6 Å². The van der Waals surface area contributed by atoms with Gasteiger partial charge in [-0.25, -0.2) is 0 Å². The van der Waals surface area contributed by atoms with Gasteiger partial charge in [-0.3, -0.25) is 0 Å². The molecule has 0 unspecified atom stereocenters. The molecule has 2 bridgehead atoms. The molecule has 0 aliphatic carbocycles. The van der Waals surface area contributed by atoms with Crippen LogP contribution in [-0.4, -0.2) is 25.8 Å². The molecule has 24 heavy (non-hydrogen) atoms. The van der Waals surface area contributed by atoms with Gasteiger partial charge in [-0.05, 0) is 43.3 Å². The second-order valence-corrected chi connectivity index (χ2v) is 13.7. The number of hydrogen-bond acceptors (Lipinski definition) is 3. The average Bonchev–Trinajstić information content (AvgIpc) is 2.43. The fourth-order valence-electron chi connectivity index (χ4n) is 3.14. The Morgan fingerprint density at radius 1 is 1.29 bits per heavy atom. The Bertz CT molecular complexity index is 659. The summed E-state index contributed by atoms with van der Waals surface area (Å²) in [6.07, 6.45) is 0. The van der Waals surface area contributed by atoms with Gasteiger partial charge < -0.3 is 19.8 Å². The van der Waals surface area contributed by atoms with Crippen molar-refractivity contribution in [2.75, 3.05) is 6.61 Å². The molecule has 4 nitrogen and oxygen atoms in total. The Morgan fingerprint density at radius 2 is 1.96 bits per heavy atom. The molecule has 132 valence electrons. The van der Waals surface area contributed by atoms with Gasteiger partial charge in [-0.15, -0.1) is 0 Å². The number of thiocarbonyl (C=S) groups is 1. The smallest absolute Gasteiger partial charge is 0.191 e. The summed E-state index contributed by atoms with van der Waals surface area (Å²) < 4.78 is 12.8. The first-order valence-electron chi connectivity index (χ1n) is 8.54. The predicted octanol–water partition coefficient (Wildman–Crippen LogP) is 3.95. The molecule has 3 rings (SSSR count). The van der Waals surface area contributed by atoms with Crippen LogP contribution in [0.3, 0.4) is 0 Å². The molecule has 2 heterocycles. The van der Waals surface area contributed by atoms with Crippen LogP contribution in [0.4, 0.5) is 0 Å². The molecule has 2 aliphatic heterocycles. The van der Waals surface area contributed by atoms with Crippen molar-refractivity contribution in [3.05, 3.63) is 29.8 Å². The summed E-state index contributed by atoms with van der Waals surface area (Å²) in [5.41, 5.74) is 0.603. The standard InChI is InChI=1S/C18H28N2O2SSi/c1-17(2,3)24(5,6)21-11-13-15-12-9-7-8-10-14(12)22-18(13,4)20-16(23)19-15/h7-10,13,15H,11H2,1-6H3,(H2,19,20,23)/t13-,15-,18+/m1/s1. The average molecular weight is 365 g/mol. The lowest BCUT2D eigenvalue weighted by molar-refractivity contribution is -0.0541. The second-order valence-electron chi connectivity index (χ2n) is 8.50. The highest BCUT2D eigenvalue weighted by atomic mass is 32.1. The number of benzene rings is 1. The quantitative estimate of drug-likeness (QED) is 0.628. The van der Waals surface area contributed by atoms with E-state index < -0.39 is 14.0 Å². The van der Waals surface area contributed by atoms with Gasteiger partial charge in [0, 0.05) is 12.2 Å². The first kappa shape index (κ1) is 17.7. The minimum atomic E-state index is -1.82. The molecular formula is C18H28N2O2SSi. The topological polar surface area (TPSA) is 42.5 Å². The van der Waals surface area contributed by atoms with Crippen molar-refractivity contribution in [3.8, 4) is 5.75 Å². The van der Waals surface area contributed by atoms with Crippen LogP contribution in [0.25, 0.3) is 0 Å². The Labute approximate surface area is 151 Å². The number of fused-ring (bicyclic) bond motifs is 4. The van der Waals surface area contributed by atoms with E-state index in [1.54, 1.807) is 0 Å². The first-order valence-corrected chi connectivity index (χ1v) is 11.9. The monoisotopic (exact) mass is 364 g/mol. The maximum atomic E-state index is 6.52. The molecule has 1 fully saturated rings. The zero-order valence-corrected chi connectivity index (χ0v) is 17.2. The van der Waals surface area contributed by atoms with Crippen molar-refractivity contribution < 1.29 is 9.16 Å². The molecule has 0 aromatic heterocycles. The summed E-state index contributed by atoms with van der Waals surface area (Å²) in [6.45, 7) is 14.1. The van der Waals surface area contributed by atoms with Crippen LogP contribution in [0.1, 0.15) is 39.3 Å². The van der Waals surface area contributed by atoms with Gasteiger partial charge in [0.05, 0.1) is 12.0 Å².